The maximum atomic E-state index is 12.3. The molecule has 0 fully saturated rings. The molecule has 1 heterocycles. The maximum Gasteiger partial charge on any atom is 0.296 e. The van der Waals surface area contributed by atoms with Gasteiger partial charge < -0.3 is 14.8 Å². The van der Waals surface area contributed by atoms with Crippen molar-refractivity contribution < 1.29 is 15.0 Å². The minimum Gasteiger partial charge on any atom is -0.493 e. The number of hydrogen-bond acceptors (Lipinski definition) is 4. The zero-order valence-electron chi connectivity index (χ0n) is 14.5. The van der Waals surface area contributed by atoms with Crippen molar-refractivity contribution in [3.05, 3.63) is 24.3 Å². The Hall–Kier alpha value is -2.21. The number of aliphatic hydroxyl groups is 1. The quantitative estimate of drug-likeness (QED) is 0.741. The van der Waals surface area contributed by atoms with E-state index >= 15 is 0 Å². The van der Waals surface area contributed by atoms with Crippen LogP contribution in [0, 0.1) is 0 Å². The second kappa shape index (κ2) is 7.57. The number of aryl methyl sites for hydroxylation is 1. The van der Waals surface area contributed by atoms with Crippen LogP contribution in [-0.2, 0) is 11.3 Å². The second-order valence-corrected chi connectivity index (χ2v) is 5.97. The summed E-state index contributed by atoms with van der Waals surface area (Å²) in [6, 6.07) is 7.42. The molecule has 2 aromatic rings. The summed E-state index contributed by atoms with van der Waals surface area (Å²) in [7, 11) is 0. The monoisotopic (exact) mass is 331 g/mol. The van der Waals surface area contributed by atoms with E-state index in [9.17, 15) is 15.0 Å². The van der Waals surface area contributed by atoms with Gasteiger partial charge in [0.15, 0.2) is 5.69 Å². The number of hydrogen-bond donors (Lipinski definition) is 2. The van der Waals surface area contributed by atoms with E-state index in [0.717, 1.165) is 10.9 Å². The van der Waals surface area contributed by atoms with E-state index in [1.165, 1.54) is 0 Å². The third-order valence-corrected chi connectivity index (χ3v) is 4.20. The lowest BCUT2D eigenvalue weighted by Crippen LogP contribution is -2.37. The highest BCUT2D eigenvalue weighted by molar-refractivity contribution is 5.95. The van der Waals surface area contributed by atoms with Gasteiger partial charge in [0, 0.05) is 11.9 Å². The second-order valence-electron chi connectivity index (χ2n) is 5.97. The Kier molecular flexibility index (Phi) is 5.72. The van der Waals surface area contributed by atoms with Crippen LogP contribution in [0.1, 0.15) is 46.5 Å². The van der Waals surface area contributed by atoms with Crippen molar-refractivity contribution in [3.8, 4) is 5.88 Å². The fourth-order valence-electron chi connectivity index (χ4n) is 3.04. The Labute approximate surface area is 141 Å². The number of aromatic nitrogens is 1. The Morgan fingerprint density at radius 2 is 1.79 bits per heavy atom. The summed E-state index contributed by atoms with van der Waals surface area (Å²) in [6.07, 6.45) is 2.05. The van der Waals surface area contributed by atoms with Crippen LogP contribution in [0.4, 0.5) is 5.69 Å². The first-order valence-corrected chi connectivity index (χ1v) is 8.47. The van der Waals surface area contributed by atoms with Gasteiger partial charge in [0.2, 0.25) is 5.88 Å². The van der Waals surface area contributed by atoms with E-state index in [-0.39, 0.29) is 11.6 Å². The Morgan fingerprint density at radius 3 is 2.38 bits per heavy atom. The molecule has 130 valence electrons. The van der Waals surface area contributed by atoms with Crippen molar-refractivity contribution >= 4 is 22.5 Å². The number of rotatable bonds is 7. The predicted molar refractivity (Wildman–Crippen MR) is 93.6 cm³/mol. The molecule has 0 bridgehead atoms. The molecule has 0 aliphatic heterocycles. The van der Waals surface area contributed by atoms with Gasteiger partial charge in [0.1, 0.15) is 5.60 Å². The molecule has 0 aliphatic rings. The maximum absolute atomic E-state index is 12.3. The summed E-state index contributed by atoms with van der Waals surface area (Å²) in [5, 5.41) is 29.3. The first-order chi connectivity index (χ1) is 11.5. The van der Waals surface area contributed by atoms with E-state index in [0.29, 0.717) is 32.2 Å². The van der Waals surface area contributed by atoms with Gasteiger partial charge in [-0.05, 0) is 25.8 Å². The first kappa shape index (κ1) is 18.1. The zero-order valence-corrected chi connectivity index (χ0v) is 14.5. The molecule has 6 nitrogen and oxygen atoms in total. The summed E-state index contributed by atoms with van der Waals surface area (Å²) in [6.45, 7) is 6.31. The molecule has 6 heteroatoms. The van der Waals surface area contributed by atoms with E-state index < -0.39 is 11.5 Å². The van der Waals surface area contributed by atoms with E-state index in [4.69, 9.17) is 0 Å². The third-order valence-electron chi connectivity index (χ3n) is 4.20. The fraction of sp³-hybridized carbons (Fsp3) is 0.500. The molecule has 0 aliphatic carbocycles. The lowest BCUT2D eigenvalue weighted by atomic mass is 9.92. The number of benzene rings is 1. The molecule has 0 saturated heterocycles. The van der Waals surface area contributed by atoms with Gasteiger partial charge in [-0.3, -0.25) is 4.79 Å². The van der Waals surface area contributed by atoms with E-state index in [1.807, 2.05) is 45.0 Å². The zero-order chi connectivity index (χ0) is 17.7. The molecule has 1 aromatic heterocycles. The lowest BCUT2D eigenvalue weighted by Gasteiger charge is -2.22. The minimum absolute atomic E-state index is 0.0234. The van der Waals surface area contributed by atoms with Crippen LogP contribution in [0.2, 0.25) is 0 Å². The Balaban J connectivity index is 2.40. The van der Waals surface area contributed by atoms with Crippen LogP contribution in [0.3, 0.4) is 0 Å². The molecular weight excluding hydrogens is 306 g/mol. The number of amides is 1. The number of nitrogens with zero attached hydrogens (tertiary/aromatic N) is 3. The summed E-state index contributed by atoms with van der Waals surface area (Å²) < 4.78 is 1.71. The number of azo groups is 1. The van der Waals surface area contributed by atoms with Crippen molar-refractivity contribution in [2.75, 3.05) is 0 Å². The van der Waals surface area contributed by atoms with Crippen molar-refractivity contribution in [1.29, 1.82) is 0 Å². The van der Waals surface area contributed by atoms with Gasteiger partial charge in [0.05, 0.1) is 5.52 Å². The number of carbonyl (C=O) groups excluding carboxylic acids is 1. The normalized spacial score (nSPS) is 12.3. The molecule has 0 radical (unpaired) electrons. The fourth-order valence-corrected chi connectivity index (χ4v) is 3.04. The van der Waals surface area contributed by atoms with Crippen LogP contribution < -0.4 is 0 Å². The molecule has 1 aromatic carbocycles. The average Bonchev–Trinajstić information content (AvgIpc) is 2.84. The van der Waals surface area contributed by atoms with Gasteiger partial charge >= 0.3 is 0 Å². The highest BCUT2D eigenvalue weighted by Gasteiger charge is 2.34. The van der Waals surface area contributed by atoms with Crippen molar-refractivity contribution in [2.45, 2.75) is 58.6 Å². The summed E-state index contributed by atoms with van der Waals surface area (Å²) >= 11 is 0. The van der Waals surface area contributed by atoms with Crippen LogP contribution >= 0.6 is 0 Å². The topological polar surface area (TPSA) is 87.2 Å². The average molecular weight is 331 g/mol. The number of para-hydroxylation sites is 1. The molecular formula is C18H25N3O3. The van der Waals surface area contributed by atoms with Gasteiger partial charge in [0.25, 0.3) is 5.91 Å². The summed E-state index contributed by atoms with van der Waals surface area (Å²) in [5.74, 6) is -0.677. The highest BCUT2D eigenvalue weighted by atomic mass is 16.3. The largest absolute Gasteiger partial charge is 0.493 e. The molecule has 0 spiro atoms. The van der Waals surface area contributed by atoms with Crippen LogP contribution in [0.15, 0.2) is 34.5 Å². The number of aromatic hydroxyl groups is 1. The van der Waals surface area contributed by atoms with Crippen molar-refractivity contribution in [2.24, 2.45) is 10.2 Å². The summed E-state index contributed by atoms with van der Waals surface area (Å²) in [5.41, 5.74) is -0.390. The molecule has 24 heavy (non-hydrogen) atoms. The van der Waals surface area contributed by atoms with Gasteiger partial charge in [-0.1, -0.05) is 44.9 Å². The lowest BCUT2D eigenvalue weighted by molar-refractivity contribution is -0.138. The van der Waals surface area contributed by atoms with Gasteiger partial charge in [-0.2, -0.15) is 0 Å². The molecule has 1 amide bonds. The molecule has 0 unspecified atom stereocenters. The van der Waals surface area contributed by atoms with Crippen molar-refractivity contribution in [1.82, 2.24) is 4.57 Å². The van der Waals surface area contributed by atoms with Crippen LogP contribution in [0.25, 0.3) is 10.9 Å². The highest BCUT2D eigenvalue weighted by Crippen LogP contribution is 2.38. The van der Waals surface area contributed by atoms with Crippen molar-refractivity contribution in [3.63, 3.8) is 0 Å². The molecule has 0 atom stereocenters. The molecule has 0 saturated carbocycles. The Bertz CT molecular complexity index is 743. The van der Waals surface area contributed by atoms with E-state index in [2.05, 4.69) is 10.2 Å². The summed E-state index contributed by atoms with van der Waals surface area (Å²) in [4.78, 5) is 12.3. The standard InChI is InChI=1S/C18H25N3O3/c1-4-11-18(24,12-5-2)17(23)20-19-15-13-9-7-8-10-14(13)21(6-3)16(15)22/h7-10,22,24H,4-6,11-12H2,1-3H3. The third kappa shape index (κ3) is 3.33. The van der Waals surface area contributed by atoms with E-state index in [1.54, 1.807) is 4.57 Å². The minimum atomic E-state index is -1.48. The van der Waals surface area contributed by atoms with Gasteiger partial charge in [-0.25, -0.2) is 0 Å². The Morgan fingerprint density at radius 1 is 1.17 bits per heavy atom. The van der Waals surface area contributed by atoms with Gasteiger partial charge in [-0.15, -0.1) is 10.2 Å². The number of carbonyl (C=O) groups is 1. The molecule has 2 rings (SSSR count). The SMILES string of the molecule is CCCC(O)(CCC)C(=O)N=Nc1c(O)n(CC)c2ccccc12. The molecule has 2 N–H and O–H groups in total. The smallest absolute Gasteiger partial charge is 0.296 e. The number of fused-ring (bicyclic) bond motifs is 1. The predicted octanol–water partition coefficient (Wildman–Crippen LogP) is 4.31. The van der Waals surface area contributed by atoms with Crippen LogP contribution in [-0.4, -0.2) is 26.3 Å². The first-order valence-electron chi connectivity index (χ1n) is 8.47. The van der Waals surface area contributed by atoms with Crippen LogP contribution in [0.5, 0.6) is 5.88 Å².